The molecule has 0 fully saturated rings. The molecule has 1 aromatic carbocycles. The first-order valence-corrected chi connectivity index (χ1v) is 6.10. The average molecular weight is 231 g/mol. The van der Waals surface area contributed by atoms with Crippen molar-refractivity contribution in [3.63, 3.8) is 0 Å². The van der Waals surface area contributed by atoms with Crippen molar-refractivity contribution in [2.75, 3.05) is 0 Å². The third kappa shape index (κ3) is 2.33. The highest BCUT2D eigenvalue weighted by Crippen LogP contribution is 2.20. The molecule has 18 heavy (non-hydrogen) atoms. The summed E-state index contributed by atoms with van der Waals surface area (Å²) in [6.45, 7) is 0. The van der Waals surface area contributed by atoms with Gasteiger partial charge in [0.1, 0.15) is 5.71 Å². The van der Waals surface area contributed by atoms with Gasteiger partial charge < -0.3 is 0 Å². The molecule has 1 aliphatic carbocycles. The Morgan fingerprint density at radius 3 is 2.61 bits per heavy atom. The molecule has 1 aliphatic heterocycles. The van der Waals surface area contributed by atoms with Crippen LogP contribution >= 0.6 is 0 Å². The number of aliphatic imine (C=N–C) groups is 1. The smallest absolute Gasteiger partial charge is 0.108 e. The molecule has 0 amide bonds. The molecule has 1 aromatic rings. The van der Waals surface area contributed by atoms with E-state index in [-0.39, 0.29) is 6.04 Å². The molecule has 0 spiro atoms. The van der Waals surface area contributed by atoms with Gasteiger partial charge in [-0.15, -0.1) is 0 Å². The van der Waals surface area contributed by atoms with E-state index in [1.807, 2.05) is 42.5 Å². The minimum atomic E-state index is 0.222. The summed E-state index contributed by atoms with van der Waals surface area (Å²) in [6.07, 6.45) is 12.6. The fraction of sp³-hybridized carbons (Fsp3) is 0.118. The van der Waals surface area contributed by atoms with E-state index in [1.54, 1.807) is 0 Å². The summed E-state index contributed by atoms with van der Waals surface area (Å²) in [5.74, 6) is 6.66. The number of rotatable bonds is 0. The minimum Gasteiger partial charge on any atom is -0.268 e. The Bertz CT molecular complexity index is 606. The van der Waals surface area contributed by atoms with E-state index in [0.717, 1.165) is 11.3 Å². The van der Waals surface area contributed by atoms with Gasteiger partial charge >= 0.3 is 0 Å². The molecule has 2 aliphatic rings. The summed E-state index contributed by atoms with van der Waals surface area (Å²) < 4.78 is 0. The van der Waals surface area contributed by atoms with Crippen molar-refractivity contribution in [2.45, 2.75) is 6.04 Å². The van der Waals surface area contributed by atoms with Crippen LogP contribution in [0.5, 0.6) is 0 Å². The van der Waals surface area contributed by atoms with E-state index < -0.39 is 0 Å². The van der Waals surface area contributed by atoms with Gasteiger partial charge in [-0.1, -0.05) is 54.5 Å². The van der Waals surface area contributed by atoms with Gasteiger partial charge in [0.15, 0.2) is 0 Å². The van der Waals surface area contributed by atoms with Crippen molar-refractivity contribution in [2.24, 2.45) is 10.9 Å². The van der Waals surface area contributed by atoms with E-state index in [9.17, 15) is 0 Å². The molecule has 2 unspecified atom stereocenters. The summed E-state index contributed by atoms with van der Waals surface area (Å²) in [7, 11) is 0. The van der Waals surface area contributed by atoms with Crippen LogP contribution in [0.4, 0.5) is 0 Å². The Hall–Kier alpha value is -2.33. The number of nitrogens with zero attached hydrogens (tertiary/aromatic N) is 1. The molecule has 0 N–H and O–H groups in total. The molecule has 1 heterocycles. The van der Waals surface area contributed by atoms with Gasteiger partial charge in [0.05, 0.1) is 6.04 Å². The molecule has 3 rings (SSSR count). The molecule has 0 saturated heterocycles. The Kier molecular flexibility index (Phi) is 2.94. The Morgan fingerprint density at radius 1 is 0.889 bits per heavy atom. The van der Waals surface area contributed by atoms with E-state index in [0.29, 0.717) is 5.92 Å². The molecular weight excluding hydrogens is 218 g/mol. The Labute approximate surface area is 107 Å². The first-order chi connectivity index (χ1) is 8.92. The summed E-state index contributed by atoms with van der Waals surface area (Å²) in [6, 6.07) is 10.2. The molecule has 2 atom stereocenters. The van der Waals surface area contributed by atoms with E-state index >= 15 is 0 Å². The number of fused-ring (bicyclic) bond motifs is 1. The predicted molar refractivity (Wildman–Crippen MR) is 75.5 cm³/mol. The predicted octanol–water partition coefficient (Wildman–Crippen LogP) is 3.16. The molecular formula is C17H13N. The van der Waals surface area contributed by atoms with Crippen LogP contribution in [0.3, 0.4) is 0 Å². The van der Waals surface area contributed by atoms with Crippen molar-refractivity contribution >= 4 is 5.71 Å². The van der Waals surface area contributed by atoms with Crippen LogP contribution < -0.4 is 0 Å². The van der Waals surface area contributed by atoms with Crippen molar-refractivity contribution < 1.29 is 0 Å². The second kappa shape index (κ2) is 4.89. The zero-order valence-corrected chi connectivity index (χ0v) is 9.95. The molecule has 86 valence electrons. The number of hydrogen-bond donors (Lipinski definition) is 0. The third-order valence-electron chi connectivity index (χ3n) is 3.02. The lowest BCUT2D eigenvalue weighted by Crippen LogP contribution is -2.19. The maximum atomic E-state index is 4.64. The maximum Gasteiger partial charge on any atom is 0.108 e. The van der Waals surface area contributed by atoms with Gasteiger partial charge in [-0.25, -0.2) is 0 Å². The Morgan fingerprint density at radius 2 is 1.72 bits per heavy atom. The highest BCUT2D eigenvalue weighted by atomic mass is 14.8. The van der Waals surface area contributed by atoms with Crippen LogP contribution in [0.2, 0.25) is 0 Å². The summed E-state index contributed by atoms with van der Waals surface area (Å²) >= 11 is 0. The summed E-state index contributed by atoms with van der Waals surface area (Å²) in [5.41, 5.74) is 1.88. The normalized spacial score (nSPS) is 23.9. The van der Waals surface area contributed by atoms with E-state index in [4.69, 9.17) is 0 Å². The molecule has 0 saturated carbocycles. The van der Waals surface area contributed by atoms with Crippen LogP contribution in [0, 0.1) is 17.8 Å². The molecule has 1 nitrogen and oxygen atoms in total. The quantitative estimate of drug-likeness (QED) is 0.608. The topological polar surface area (TPSA) is 12.4 Å². The Balaban J connectivity index is 1.81. The first kappa shape index (κ1) is 10.8. The zero-order valence-electron chi connectivity index (χ0n) is 9.95. The summed E-state index contributed by atoms with van der Waals surface area (Å²) in [5, 5.41) is 0. The van der Waals surface area contributed by atoms with Crippen molar-refractivity contribution in [1.29, 1.82) is 0 Å². The van der Waals surface area contributed by atoms with Crippen LogP contribution in [-0.2, 0) is 0 Å². The molecule has 0 radical (unpaired) electrons. The minimum absolute atomic E-state index is 0.222. The second-order valence-electron chi connectivity index (χ2n) is 4.33. The lowest BCUT2D eigenvalue weighted by atomic mass is 9.92. The average Bonchev–Trinajstić information content (AvgIpc) is 2.46. The number of benzene rings is 1. The van der Waals surface area contributed by atoms with E-state index in [1.165, 1.54) is 0 Å². The van der Waals surface area contributed by atoms with Gasteiger partial charge in [-0.05, 0) is 24.1 Å². The fourth-order valence-electron chi connectivity index (χ4n) is 2.06. The highest BCUT2D eigenvalue weighted by Gasteiger charge is 2.18. The fourth-order valence-corrected chi connectivity index (χ4v) is 2.06. The summed E-state index contributed by atoms with van der Waals surface area (Å²) in [4.78, 5) is 4.64. The van der Waals surface area contributed by atoms with Crippen molar-refractivity contribution in [3.8, 4) is 11.8 Å². The number of dihydropyridines is 1. The second-order valence-corrected chi connectivity index (χ2v) is 4.33. The molecule has 1 heteroatoms. The number of hydrogen-bond acceptors (Lipinski definition) is 1. The molecule has 0 bridgehead atoms. The highest BCUT2D eigenvalue weighted by molar-refractivity contribution is 6.09. The third-order valence-corrected chi connectivity index (χ3v) is 3.02. The van der Waals surface area contributed by atoms with Crippen LogP contribution in [0.1, 0.15) is 5.56 Å². The largest absolute Gasteiger partial charge is 0.268 e. The zero-order chi connectivity index (χ0) is 12.2. The monoisotopic (exact) mass is 231 g/mol. The standard InChI is InChI=1S/C17H13N/c1-2-6-14(7-3-1)10-12-16-13-11-15-8-4-5-9-17(15)18-16/h1-9,11,13,15,17H. The molecule has 0 aromatic heterocycles. The lowest BCUT2D eigenvalue weighted by Gasteiger charge is -2.20. The lowest BCUT2D eigenvalue weighted by molar-refractivity contribution is 0.681. The van der Waals surface area contributed by atoms with E-state index in [2.05, 4.69) is 41.1 Å². The van der Waals surface area contributed by atoms with Crippen LogP contribution in [-0.4, -0.2) is 11.8 Å². The maximum absolute atomic E-state index is 4.64. The first-order valence-electron chi connectivity index (χ1n) is 6.10. The van der Waals surface area contributed by atoms with Crippen LogP contribution in [0.25, 0.3) is 0 Å². The van der Waals surface area contributed by atoms with Gasteiger partial charge in [0.25, 0.3) is 0 Å². The number of allylic oxidation sites excluding steroid dienone is 3. The van der Waals surface area contributed by atoms with Gasteiger partial charge in [0, 0.05) is 11.5 Å². The van der Waals surface area contributed by atoms with Crippen molar-refractivity contribution in [1.82, 2.24) is 0 Å². The van der Waals surface area contributed by atoms with Gasteiger partial charge in [-0.2, -0.15) is 0 Å². The SMILES string of the molecule is C(#Cc1ccccc1)C1=NC2C=CC=CC2C=C1. The van der Waals surface area contributed by atoms with Gasteiger partial charge in [0.2, 0.25) is 0 Å². The van der Waals surface area contributed by atoms with Crippen LogP contribution in [0.15, 0.2) is 71.8 Å². The van der Waals surface area contributed by atoms with Crippen molar-refractivity contribution in [3.05, 3.63) is 72.4 Å². The van der Waals surface area contributed by atoms with Gasteiger partial charge in [-0.3, -0.25) is 4.99 Å².